The molecule has 1 aromatic rings. The number of aryl methyl sites for hydroxylation is 1. The minimum Gasteiger partial charge on any atom is -0.267 e. The van der Waals surface area contributed by atoms with Crippen LogP contribution in [0.4, 0.5) is 0 Å². The summed E-state index contributed by atoms with van der Waals surface area (Å²) >= 11 is 1.25. The van der Waals surface area contributed by atoms with Crippen molar-refractivity contribution in [3.8, 4) is 6.07 Å². The molecule has 1 aliphatic rings. The third-order valence-electron chi connectivity index (χ3n) is 5.42. The minimum atomic E-state index is -3.74. The molecule has 0 saturated carbocycles. The summed E-state index contributed by atoms with van der Waals surface area (Å²) in [5.41, 5.74) is 2.81. The highest BCUT2D eigenvalue weighted by atomic mass is 32.2. The Balaban J connectivity index is 1.84. The van der Waals surface area contributed by atoms with Crippen molar-refractivity contribution in [1.82, 2.24) is 0 Å². The SMILES string of the molecule is CCCCCCCCCCCCS(=O)(=O)O/N=C1\SC=C\C1=C(\C#N)c1ccccc1C. The fraction of sp³-hybridized carbons (Fsp3) is 0.520. The number of allylic oxidation sites excluding steroid dienone is 2. The molecule has 1 heterocycles. The number of rotatable bonds is 14. The molecule has 0 saturated heterocycles. The first-order valence-electron chi connectivity index (χ1n) is 11.5. The van der Waals surface area contributed by atoms with Gasteiger partial charge in [-0.2, -0.15) is 13.7 Å². The largest absolute Gasteiger partial charge is 0.328 e. The zero-order chi connectivity index (χ0) is 23.2. The van der Waals surface area contributed by atoms with Gasteiger partial charge in [0.1, 0.15) is 11.1 Å². The first kappa shape index (κ1) is 26.2. The molecule has 0 atom stereocenters. The van der Waals surface area contributed by atoms with E-state index >= 15 is 0 Å². The summed E-state index contributed by atoms with van der Waals surface area (Å²) in [7, 11) is -3.74. The monoisotopic (exact) mass is 474 g/mol. The predicted molar refractivity (Wildman–Crippen MR) is 135 cm³/mol. The lowest BCUT2D eigenvalue weighted by atomic mass is 9.97. The van der Waals surface area contributed by atoms with Gasteiger partial charge in [-0.25, -0.2) is 0 Å². The van der Waals surface area contributed by atoms with Gasteiger partial charge in [0.05, 0.1) is 11.3 Å². The van der Waals surface area contributed by atoms with Gasteiger partial charge in [0.15, 0.2) is 0 Å². The van der Waals surface area contributed by atoms with E-state index in [0.29, 0.717) is 22.6 Å². The molecule has 0 N–H and O–H groups in total. The third kappa shape index (κ3) is 8.84. The van der Waals surface area contributed by atoms with Crippen molar-refractivity contribution in [3.63, 3.8) is 0 Å². The molecule has 0 unspecified atom stereocenters. The van der Waals surface area contributed by atoms with Crippen molar-refractivity contribution >= 4 is 32.5 Å². The van der Waals surface area contributed by atoms with Crippen LogP contribution in [0, 0.1) is 18.3 Å². The number of unbranched alkanes of at least 4 members (excludes halogenated alkanes) is 9. The molecule has 0 fully saturated rings. The van der Waals surface area contributed by atoms with Crippen LogP contribution in [0.2, 0.25) is 0 Å². The van der Waals surface area contributed by atoms with Crippen LogP contribution in [-0.2, 0) is 14.4 Å². The van der Waals surface area contributed by atoms with Gasteiger partial charge in [0.2, 0.25) is 0 Å². The molecule has 32 heavy (non-hydrogen) atoms. The maximum atomic E-state index is 12.3. The number of oxime groups is 1. The quantitative estimate of drug-likeness (QED) is 0.163. The Labute approximate surface area is 197 Å². The number of hydrogen-bond acceptors (Lipinski definition) is 6. The van der Waals surface area contributed by atoms with Gasteiger partial charge in [0, 0.05) is 5.57 Å². The first-order chi connectivity index (χ1) is 15.5. The van der Waals surface area contributed by atoms with Crippen molar-refractivity contribution in [1.29, 1.82) is 5.26 Å². The molecular formula is C25H34N2O3S2. The molecule has 0 radical (unpaired) electrons. The van der Waals surface area contributed by atoms with Gasteiger partial charge in [-0.15, -0.1) is 0 Å². The van der Waals surface area contributed by atoms with Gasteiger partial charge in [-0.05, 0) is 36.0 Å². The maximum Gasteiger partial charge on any atom is 0.328 e. The van der Waals surface area contributed by atoms with Crippen LogP contribution in [-0.4, -0.2) is 19.2 Å². The molecule has 5 nitrogen and oxygen atoms in total. The molecule has 0 aromatic heterocycles. The minimum absolute atomic E-state index is 0.0413. The molecule has 0 spiro atoms. The standard InChI is InChI=1S/C25H34N2O3S2/c1-3-4-5-6-7-8-9-10-11-14-19-32(28,29)30-27-25-23(17-18-31-25)24(20-26)22-16-13-12-15-21(22)2/h12-13,15-18H,3-11,14,19H2,1-2H3/b24-23+,27-25-. The lowest BCUT2D eigenvalue weighted by Crippen LogP contribution is -2.09. The van der Waals surface area contributed by atoms with Crippen LogP contribution in [0.15, 0.2) is 46.5 Å². The van der Waals surface area contributed by atoms with Gasteiger partial charge in [-0.1, -0.05) is 106 Å². The van der Waals surface area contributed by atoms with E-state index in [1.807, 2.05) is 31.2 Å². The van der Waals surface area contributed by atoms with E-state index in [0.717, 1.165) is 30.4 Å². The number of nitriles is 1. The fourth-order valence-electron chi connectivity index (χ4n) is 3.58. The van der Waals surface area contributed by atoms with Crippen LogP contribution >= 0.6 is 11.8 Å². The molecule has 7 heteroatoms. The lowest BCUT2D eigenvalue weighted by Gasteiger charge is -2.07. The highest BCUT2D eigenvalue weighted by Gasteiger charge is 2.20. The average Bonchev–Trinajstić information content (AvgIpc) is 3.24. The van der Waals surface area contributed by atoms with E-state index in [1.165, 1.54) is 50.3 Å². The Bertz CT molecular complexity index is 973. The number of hydrogen-bond donors (Lipinski definition) is 0. The predicted octanol–water partition coefficient (Wildman–Crippen LogP) is 7.11. The van der Waals surface area contributed by atoms with Gasteiger partial charge in [0.25, 0.3) is 0 Å². The maximum absolute atomic E-state index is 12.3. The summed E-state index contributed by atoms with van der Waals surface area (Å²) in [6.07, 6.45) is 13.1. The second-order valence-corrected chi connectivity index (χ2v) is 10.6. The highest BCUT2D eigenvalue weighted by Crippen LogP contribution is 2.32. The van der Waals surface area contributed by atoms with Gasteiger partial charge < -0.3 is 0 Å². The molecule has 0 amide bonds. The van der Waals surface area contributed by atoms with E-state index < -0.39 is 10.1 Å². The molecule has 174 valence electrons. The smallest absolute Gasteiger partial charge is 0.267 e. The molecule has 0 bridgehead atoms. The second kappa shape index (κ2) is 14.2. The summed E-state index contributed by atoms with van der Waals surface area (Å²) in [6, 6.07) is 9.82. The van der Waals surface area contributed by atoms with E-state index in [2.05, 4.69) is 18.1 Å². The van der Waals surface area contributed by atoms with Crippen LogP contribution in [0.5, 0.6) is 0 Å². The Hall–Kier alpha value is -2.04. The Kier molecular flexibility index (Phi) is 11.6. The summed E-state index contributed by atoms with van der Waals surface area (Å²) in [5, 5.41) is 15.8. The van der Waals surface area contributed by atoms with E-state index in [1.54, 1.807) is 11.5 Å². The van der Waals surface area contributed by atoms with E-state index in [-0.39, 0.29) is 5.75 Å². The van der Waals surface area contributed by atoms with Crippen molar-refractivity contribution < 1.29 is 12.7 Å². The third-order valence-corrected chi connectivity index (χ3v) is 7.30. The summed E-state index contributed by atoms with van der Waals surface area (Å²) in [5.74, 6) is -0.0413. The number of benzene rings is 1. The summed E-state index contributed by atoms with van der Waals surface area (Å²) < 4.78 is 29.4. The molecule has 0 aliphatic carbocycles. The molecule has 1 aliphatic heterocycles. The lowest BCUT2D eigenvalue weighted by molar-refractivity contribution is 0.339. The summed E-state index contributed by atoms with van der Waals surface area (Å²) in [6.45, 7) is 4.15. The Morgan fingerprint density at radius 1 is 1.03 bits per heavy atom. The van der Waals surface area contributed by atoms with Crippen LogP contribution in [0.25, 0.3) is 5.57 Å². The van der Waals surface area contributed by atoms with Crippen molar-refractivity contribution in [2.75, 3.05) is 5.75 Å². The highest BCUT2D eigenvalue weighted by molar-refractivity contribution is 8.17. The van der Waals surface area contributed by atoms with E-state index in [9.17, 15) is 13.7 Å². The fourth-order valence-corrected chi connectivity index (χ4v) is 5.15. The topological polar surface area (TPSA) is 79.5 Å². The van der Waals surface area contributed by atoms with Crippen molar-refractivity contribution in [3.05, 3.63) is 52.4 Å². The number of thioether (sulfide) groups is 1. The van der Waals surface area contributed by atoms with Gasteiger partial charge >= 0.3 is 10.1 Å². The molecule has 1 aromatic carbocycles. The first-order valence-corrected chi connectivity index (χ1v) is 14.0. The van der Waals surface area contributed by atoms with Crippen molar-refractivity contribution in [2.24, 2.45) is 5.16 Å². The molecule has 2 rings (SSSR count). The summed E-state index contributed by atoms with van der Waals surface area (Å²) in [4.78, 5) is 0. The normalized spacial score (nSPS) is 16.3. The molecular weight excluding hydrogens is 440 g/mol. The van der Waals surface area contributed by atoms with Gasteiger partial charge in [-0.3, -0.25) is 4.28 Å². The average molecular weight is 475 g/mol. The van der Waals surface area contributed by atoms with Crippen LogP contribution in [0.3, 0.4) is 0 Å². The van der Waals surface area contributed by atoms with Crippen molar-refractivity contribution in [2.45, 2.75) is 78.1 Å². The second-order valence-electron chi connectivity index (χ2n) is 8.05. The van der Waals surface area contributed by atoms with Crippen LogP contribution in [0.1, 0.15) is 82.3 Å². The number of nitrogens with zero attached hydrogens (tertiary/aromatic N) is 2. The zero-order valence-electron chi connectivity index (χ0n) is 19.2. The van der Waals surface area contributed by atoms with Crippen LogP contribution < -0.4 is 0 Å². The van der Waals surface area contributed by atoms with E-state index in [4.69, 9.17) is 4.28 Å². The Morgan fingerprint density at radius 3 is 2.28 bits per heavy atom. The Morgan fingerprint density at radius 2 is 1.66 bits per heavy atom. The zero-order valence-corrected chi connectivity index (χ0v) is 20.8.